The number of anilines is 1. The Morgan fingerprint density at radius 3 is 2.48 bits per heavy atom. The van der Waals surface area contributed by atoms with Gasteiger partial charge in [0, 0.05) is 0 Å². The predicted molar refractivity (Wildman–Crippen MR) is 92.1 cm³/mol. The summed E-state index contributed by atoms with van der Waals surface area (Å²) in [4.78, 5) is 4.79. The van der Waals surface area contributed by atoms with Crippen molar-refractivity contribution in [2.75, 3.05) is 5.73 Å². The van der Waals surface area contributed by atoms with E-state index in [1.165, 1.54) is 5.56 Å². The van der Waals surface area contributed by atoms with Crippen LogP contribution in [0.4, 0.5) is 5.69 Å². The van der Waals surface area contributed by atoms with Gasteiger partial charge in [-0.1, -0.05) is 42.5 Å². The second-order valence-corrected chi connectivity index (χ2v) is 5.62. The van der Waals surface area contributed by atoms with Gasteiger partial charge >= 0.3 is 0 Å². The van der Waals surface area contributed by atoms with E-state index in [1.54, 1.807) is 12.5 Å². The molecule has 0 aliphatic carbocycles. The summed E-state index contributed by atoms with van der Waals surface area (Å²) in [6, 6.07) is 18.6. The number of imidazole rings is 1. The van der Waals surface area contributed by atoms with Crippen molar-refractivity contribution in [1.82, 2.24) is 9.55 Å². The van der Waals surface area contributed by atoms with Crippen LogP contribution in [0.5, 0.6) is 0 Å². The summed E-state index contributed by atoms with van der Waals surface area (Å²) in [7, 11) is 0. The molecule has 0 bridgehead atoms. The van der Waals surface area contributed by atoms with E-state index >= 15 is 0 Å². The fourth-order valence-corrected chi connectivity index (χ4v) is 3.00. The summed E-state index contributed by atoms with van der Waals surface area (Å²) in [5.41, 5.74) is 10.7. The number of furan rings is 1. The molecule has 0 radical (unpaired) electrons. The van der Waals surface area contributed by atoms with Crippen molar-refractivity contribution in [3.05, 3.63) is 72.7 Å². The van der Waals surface area contributed by atoms with Gasteiger partial charge in [-0.05, 0) is 24.6 Å². The van der Waals surface area contributed by atoms with E-state index in [-0.39, 0.29) is 6.04 Å². The maximum Gasteiger partial charge on any atom is 0.147 e. The third-order valence-electron chi connectivity index (χ3n) is 4.20. The van der Waals surface area contributed by atoms with Crippen molar-refractivity contribution < 1.29 is 4.42 Å². The second-order valence-electron chi connectivity index (χ2n) is 5.62. The molecule has 0 amide bonds. The van der Waals surface area contributed by atoms with E-state index in [4.69, 9.17) is 15.1 Å². The number of para-hydroxylation sites is 2. The Morgan fingerprint density at radius 1 is 1.00 bits per heavy atom. The number of aromatic nitrogens is 2. The van der Waals surface area contributed by atoms with Crippen molar-refractivity contribution in [2.24, 2.45) is 0 Å². The van der Waals surface area contributed by atoms with Gasteiger partial charge in [0.05, 0.1) is 28.3 Å². The van der Waals surface area contributed by atoms with Gasteiger partial charge in [-0.3, -0.25) is 0 Å². The number of fused-ring (bicyclic) bond motifs is 1. The number of hydrogen-bond donors (Lipinski definition) is 1. The van der Waals surface area contributed by atoms with Gasteiger partial charge in [-0.15, -0.1) is 0 Å². The van der Waals surface area contributed by atoms with Gasteiger partial charge < -0.3 is 14.7 Å². The van der Waals surface area contributed by atoms with Gasteiger partial charge in [0.1, 0.15) is 18.4 Å². The maximum atomic E-state index is 6.06. The molecule has 0 saturated carbocycles. The lowest BCUT2D eigenvalue weighted by Gasteiger charge is -2.18. The van der Waals surface area contributed by atoms with Crippen LogP contribution in [0.1, 0.15) is 18.5 Å². The van der Waals surface area contributed by atoms with Gasteiger partial charge in [0.15, 0.2) is 0 Å². The Hall–Kier alpha value is -3.01. The molecule has 0 saturated heterocycles. The Morgan fingerprint density at radius 2 is 1.74 bits per heavy atom. The van der Waals surface area contributed by atoms with Crippen LogP contribution in [0.3, 0.4) is 0 Å². The van der Waals surface area contributed by atoms with Crippen LogP contribution in [-0.2, 0) is 0 Å². The molecule has 0 aliphatic rings. The largest absolute Gasteiger partial charge is 0.470 e. The van der Waals surface area contributed by atoms with Crippen LogP contribution in [0.25, 0.3) is 22.4 Å². The maximum absolute atomic E-state index is 6.06. The third-order valence-corrected chi connectivity index (χ3v) is 4.20. The summed E-state index contributed by atoms with van der Waals surface area (Å²) < 4.78 is 7.47. The molecule has 2 aromatic heterocycles. The number of nitrogen functional groups attached to an aromatic ring is 1. The van der Waals surface area contributed by atoms with Crippen LogP contribution >= 0.6 is 0 Å². The van der Waals surface area contributed by atoms with Crippen LogP contribution in [0.2, 0.25) is 0 Å². The number of nitrogens with zero attached hydrogens (tertiary/aromatic N) is 2. The topological polar surface area (TPSA) is 57.0 Å². The summed E-state index contributed by atoms with van der Waals surface area (Å²) in [6.45, 7) is 2.17. The molecule has 0 spiro atoms. The first-order valence-corrected chi connectivity index (χ1v) is 7.59. The molecule has 0 unspecified atom stereocenters. The van der Waals surface area contributed by atoms with Crippen LogP contribution < -0.4 is 5.73 Å². The zero-order chi connectivity index (χ0) is 15.8. The Kier molecular flexibility index (Phi) is 3.15. The average Bonchev–Trinajstić information content (AvgIpc) is 3.18. The molecule has 4 heteroatoms. The lowest BCUT2D eigenvalue weighted by molar-refractivity contribution is 0.568. The number of benzene rings is 2. The van der Waals surface area contributed by atoms with E-state index in [9.17, 15) is 0 Å². The van der Waals surface area contributed by atoms with Crippen LogP contribution in [0.15, 0.2) is 71.5 Å². The molecule has 2 heterocycles. The quantitative estimate of drug-likeness (QED) is 0.606. The summed E-state index contributed by atoms with van der Waals surface area (Å²) in [5, 5.41) is 0. The molecule has 2 aromatic carbocycles. The molecule has 4 rings (SSSR count). The molecule has 2 N–H and O–H groups in total. The fraction of sp³-hybridized carbons (Fsp3) is 0.105. The molecular formula is C19H17N3O. The van der Waals surface area contributed by atoms with Gasteiger partial charge in [0.25, 0.3) is 0 Å². The lowest BCUT2D eigenvalue weighted by atomic mass is 10.1. The van der Waals surface area contributed by atoms with E-state index < -0.39 is 0 Å². The summed E-state index contributed by atoms with van der Waals surface area (Å²) in [6.07, 6.45) is 3.21. The Bertz CT molecular complexity index is 953. The standard InChI is InChI=1S/C19H17N3O/c1-13(14-7-3-2-4-8-14)22-18-10-6-5-9-17(18)21-19(22)15-11-23-12-16(15)20/h2-13H,20H2,1H3/t13-/m0/s1. The molecular weight excluding hydrogens is 286 g/mol. The van der Waals surface area contributed by atoms with Crippen LogP contribution in [-0.4, -0.2) is 9.55 Å². The van der Waals surface area contributed by atoms with Gasteiger partial charge in [-0.25, -0.2) is 4.98 Å². The molecule has 0 aliphatic heterocycles. The SMILES string of the molecule is C[C@@H](c1ccccc1)n1c(-c2cocc2N)nc2ccccc21. The molecule has 4 nitrogen and oxygen atoms in total. The van der Waals surface area contributed by atoms with Gasteiger partial charge in [-0.2, -0.15) is 0 Å². The van der Waals surface area contributed by atoms with Crippen molar-refractivity contribution in [2.45, 2.75) is 13.0 Å². The smallest absolute Gasteiger partial charge is 0.147 e. The van der Waals surface area contributed by atoms with Crippen molar-refractivity contribution >= 4 is 16.7 Å². The highest BCUT2D eigenvalue weighted by atomic mass is 16.3. The summed E-state index contributed by atoms with van der Waals surface area (Å²) >= 11 is 0. The summed E-state index contributed by atoms with van der Waals surface area (Å²) in [5.74, 6) is 0.828. The van der Waals surface area contributed by atoms with Crippen LogP contribution in [0, 0.1) is 0 Å². The number of rotatable bonds is 3. The fourth-order valence-electron chi connectivity index (χ4n) is 3.00. The highest BCUT2D eigenvalue weighted by Gasteiger charge is 2.20. The van der Waals surface area contributed by atoms with E-state index in [0.29, 0.717) is 5.69 Å². The molecule has 4 aromatic rings. The number of hydrogen-bond acceptors (Lipinski definition) is 3. The Labute approximate surface area is 134 Å². The monoisotopic (exact) mass is 303 g/mol. The van der Waals surface area contributed by atoms with E-state index in [0.717, 1.165) is 22.4 Å². The highest BCUT2D eigenvalue weighted by molar-refractivity contribution is 5.83. The van der Waals surface area contributed by atoms with E-state index in [1.807, 2.05) is 24.3 Å². The molecule has 23 heavy (non-hydrogen) atoms. The Balaban J connectivity index is 1.99. The second kappa shape index (κ2) is 5.32. The minimum atomic E-state index is 0.132. The molecule has 0 fully saturated rings. The highest BCUT2D eigenvalue weighted by Crippen LogP contribution is 2.34. The zero-order valence-electron chi connectivity index (χ0n) is 12.8. The minimum absolute atomic E-state index is 0.132. The normalized spacial score (nSPS) is 12.6. The average molecular weight is 303 g/mol. The number of nitrogens with two attached hydrogens (primary N) is 1. The first-order valence-electron chi connectivity index (χ1n) is 7.59. The molecule has 1 atom stereocenters. The predicted octanol–water partition coefficient (Wildman–Crippen LogP) is 4.49. The lowest BCUT2D eigenvalue weighted by Crippen LogP contribution is -2.08. The van der Waals surface area contributed by atoms with E-state index in [2.05, 4.69) is 41.8 Å². The van der Waals surface area contributed by atoms with Crippen molar-refractivity contribution in [3.63, 3.8) is 0 Å². The minimum Gasteiger partial charge on any atom is -0.470 e. The molecule has 114 valence electrons. The first kappa shape index (κ1) is 13.6. The van der Waals surface area contributed by atoms with Crippen molar-refractivity contribution in [1.29, 1.82) is 0 Å². The van der Waals surface area contributed by atoms with Crippen molar-refractivity contribution in [3.8, 4) is 11.4 Å². The first-order chi connectivity index (χ1) is 11.3. The zero-order valence-corrected chi connectivity index (χ0v) is 12.8. The van der Waals surface area contributed by atoms with Gasteiger partial charge in [0.2, 0.25) is 0 Å². The third kappa shape index (κ3) is 2.19.